The zero-order valence-electron chi connectivity index (χ0n) is 12.2. The highest BCUT2D eigenvalue weighted by Gasteiger charge is 2.00. The lowest BCUT2D eigenvalue weighted by atomic mass is 10.1. The monoisotopic (exact) mass is 302 g/mol. The molecule has 0 aliphatic carbocycles. The molecule has 21 heavy (non-hydrogen) atoms. The summed E-state index contributed by atoms with van der Waals surface area (Å²) in [5, 5.41) is 6.94. The van der Waals surface area contributed by atoms with Crippen molar-refractivity contribution in [1.29, 1.82) is 0 Å². The molecule has 0 bridgehead atoms. The Hall–Kier alpha value is -1.94. The molecule has 2 aromatic rings. The standard InChI is InChI=1S/C17H19FN2S/c1-12-9-13(2)11-16(10-12)20-17(21)19-8-7-14-3-5-15(18)6-4-14/h3-6,9-11H,7-8H2,1-2H3,(H2,19,20,21). The van der Waals surface area contributed by atoms with Crippen LogP contribution in [-0.2, 0) is 6.42 Å². The molecule has 0 spiro atoms. The van der Waals surface area contributed by atoms with Crippen molar-refractivity contribution in [3.8, 4) is 0 Å². The van der Waals surface area contributed by atoms with Crippen molar-refractivity contribution in [2.45, 2.75) is 20.3 Å². The van der Waals surface area contributed by atoms with Gasteiger partial charge in [0, 0.05) is 12.2 Å². The van der Waals surface area contributed by atoms with E-state index in [1.54, 1.807) is 12.1 Å². The van der Waals surface area contributed by atoms with E-state index in [2.05, 4.69) is 42.7 Å². The molecule has 2 aromatic carbocycles. The molecule has 0 atom stereocenters. The minimum Gasteiger partial charge on any atom is -0.362 e. The van der Waals surface area contributed by atoms with Crippen LogP contribution >= 0.6 is 12.2 Å². The number of hydrogen-bond donors (Lipinski definition) is 2. The molecule has 0 aromatic heterocycles. The summed E-state index contributed by atoms with van der Waals surface area (Å²) < 4.78 is 12.8. The maximum atomic E-state index is 12.8. The second-order valence-corrected chi connectivity index (χ2v) is 5.54. The van der Waals surface area contributed by atoms with Crippen LogP contribution < -0.4 is 10.6 Å². The highest BCUT2D eigenvalue weighted by Crippen LogP contribution is 2.13. The summed E-state index contributed by atoms with van der Waals surface area (Å²) in [5.41, 5.74) is 4.48. The normalized spacial score (nSPS) is 10.2. The van der Waals surface area contributed by atoms with E-state index in [4.69, 9.17) is 12.2 Å². The Morgan fingerprint density at radius 2 is 1.67 bits per heavy atom. The number of anilines is 1. The number of halogens is 1. The van der Waals surface area contributed by atoms with Crippen LogP contribution in [0.25, 0.3) is 0 Å². The van der Waals surface area contributed by atoms with E-state index in [0.29, 0.717) is 11.7 Å². The first-order valence-electron chi connectivity index (χ1n) is 6.90. The molecule has 2 rings (SSSR count). The van der Waals surface area contributed by atoms with Crippen molar-refractivity contribution in [3.05, 3.63) is 65.0 Å². The summed E-state index contributed by atoms with van der Waals surface area (Å²) in [6, 6.07) is 12.8. The van der Waals surface area contributed by atoms with Crippen LogP contribution in [0, 0.1) is 19.7 Å². The molecular weight excluding hydrogens is 283 g/mol. The summed E-state index contributed by atoms with van der Waals surface area (Å²) in [4.78, 5) is 0. The van der Waals surface area contributed by atoms with E-state index in [1.165, 1.54) is 23.3 Å². The molecule has 0 fully saturated rings. The van der Waals surface area contributed by atoms with Gasteiger partial charge in [-0.15, -0.1) is 0 Å². The van der Waals surface area contributed by atoms with Gasteiger partial charge >= 0.3 is 0 Å². The summed E-state index contributed by atoms with van der Waals surface area (Å²) in [7, 11) is 0. The second-order valence-electron chi connectivity index (χ2n) is 5.13. The Morgan fingerprint density at radius 1 is 1.05 bits per heavy atom. The molecule has 2 nitrogen and oxygen atoms in total. The first-order chi connectivity index (χ1) is 10.0. The van der Waals surface area contributed by atoms with Crippen LogP contribution in [0.15, 0.2) is 42.5 Å². The average Bonchev–Trinajstić information content (AvgIpc) is 2.39. The number of rotatable bonds is 4. The van der Waals surface area contributed by atoms with Crippen molar-refractivity contribution >= 4 is 23.0 Å². The van der Waals surface area contributed by atoms with E-state index in [1.807, 2.05) is 0 Å². The summed E-state index contributed by atoms with van der Waals surface area (Å²) in [6.07, 6.45) is 0.801. The van der Waals surface area contributed by atoms with Gasteiger partial charge in [0.25, 0.3) is 0 Å². The van der Waals surface area contributed by atoms with Gasteiger partial charge in [-0.3, -0.25) is 0 Å². The maximum absolute atomic E-state index is 12.8. The Labute approximate surface area is 130 Å². The lowest BCUT2D eigenvalue weighted by Crippen LogP contribution is -2.30. The van der Waals surface area contributed by atoms with Gasteiger partial charge in [0.15, 0.2) is 5.11 Å². The van der Waals surface area contributed by atoms with E-state index in [0.717, 1.165) is 17.7 Å². The van der Waals surface area contributed by atoms with Crippen LogP contribution in [-0.4, -0.2) is 11.7 Å². The molecule has 0 aliphatic rings. The Kier molecular flexibility index (Phi) is 5.28. The molecule has 0 saturated heterocycles. The van der Waals surface area contributed by atoms with E-state index in [-0.39, 0.29) is 5.82 Å². The minimum atomic E-state index is -0.210. The molecule has 0 radical (unpaired) electrons. The fourth-order valence-electron chi connectivity index (χ4n) is 2.19. The third-order valence-electron chi connectivity index (χ3n) is 3.09. The fraction of sp³-hybridized carbons (Fsp3) is 0.235. The van der Waals surface area contributed by atoms with E-state index >= 15 is 0 Å². The van der Waals surface area contributed by atoms with Gasteiger partial charge in [-0.25, -0.2) is 4.39 Å². The quantitative estimate of drug-likeness (QED) is 0.836. The van der Waals surface area contributed by atoms with Crippen molar-refractivity contribution < 1.29 is 4.39 Å². The van der Waals surface area contributed by atoms with Gasteiger partial charge in [-0.1, -0.05) is 18.2 Å². The molecule has 4 heteroatoms. The average molecular weight is 302 g/mol. The SMILES string of the molecule is Cc1cc(C)cc(NC(=S)NCCc2ccc(F)cc2)c1. The minimum absolute atomic E-state index is 0.210. The van der Waals surface area contributed by atoms with Crippen molar-refractivity contribution in [2.24, 2.45) is 0 Å². The molecule has 0 aliphatic heterocycles. The molecule has 0 heterocycles. The smallest absolute Gasteiger partial charge is 0.170 e. The van der Waals surface area contributed by atoms with Crippen LogP contribution in [0.2, 0.25) is 0 Å². The second kappa shape index (κ2) is 7.18. The third kappa shape index (κ3) is 5.16. The van der Waals surface area contributed by atoms with Crippen LogP contribution in [0.4, 0.5) is 10.1 Å². The van der Waals surface area contributed by atoms with Crippen LogP contribution in [0.1, 0.15) is 16.7 Å². The summed E-state index contributed by atoms with van der Waals surface area (Å²) >= 11 is 5.28. The van der Waals surface area contributed by atoms with E-state index < -0.39 is 0 Å². The molecular formula is C17H19FN2S. The third-order valence-corrected chi connectivity index (χ3v) is 3.34. The lowest BCUT2D eigenvalue weighted by molar-refractivity contribution is 0.627. The van der Waals surface area contributed by atoms with Gasteiger partial charge in [0.1, 0.15) is 5.82 Å². The molecule has 2 N–H and O–H groups in total. The highest BCUT2D eigenvalue weighted by molar-refractivity contribution is 7.80. The Morgan fingerprint density at radius 3 is 2.29 bits per heavy atom. The predicted molar refractivity (Wildman–Crippen MR) is 90.2 cm³/mol. The van der Waals surface area contributed by atoms with Gasteiger partial charge in [-0.05, 0) is 73.4 Å². The fourth-order valence-corrected chi connectivity index (χ4v) is 2.41. The predicted octanol–water partition coefficient (Wildman–Crippen LogP) is 3.97. The van der Waals surface area contributed by atoms with Crippen LogP contribution in [0.5, 0.6) is 0 Å². The number of thiocarbonyl (C=S) groups is 1. The zero-order valence-corrected chi connectivity index (χ0v) is 13.1. The zero-order chi connectivity index (χ0) is 15.2. The number of benzene rings is 2. The summed E-state index contributed by atoms with van der Waals surface area (Å²) in [6.45, 7) is 4.83. The van der Waals surface area contributed by atoms with Crippen molar-refractivity contribution in [1.82, 2.24) is 5.32 Å². The van der Waals surface area contributed by atoms with Gasteiger partial charge in [0.2, 0.25) is 0 Å². The van der Waals surface area contributed by atoms with Crippen molar-refractivity contribution in [2.75, 3.05) is 11.9 Å². The lowest BCUT2D eigenvalue weighted by Gasteiger charge is -2.12. The molecule has 0 unspecified atom stereocenters. The van der Waals surface area contributed by atoms with Gasteiger partial charge < -0.3 is 10.6 Å². The largest absolute Gasteiger partial charge is 0.362 e. The van der Waals surface area contributed by atoms with E-state index in [9.17, 15) is 4.39 Å². The van der Waals surface area contributed by atoms with Gasteiger partial charge in [0.05, 0.1) is 0 Å². The molecule has 0 saturated carbocycles. The van der Waals surface area contributed by atoms with Crippen molar-refractivity contribution in [3.63, 3.8) is 0 Å². The number of aryl methyl sites for hydroxylation is 2. The molecule has 0 amide bonds. The topological polar surface area (TPSA) is 24.1 Å². The number of hydrogen-bond acceptors (Lipinski definition) is 1. The maximum Gasteiger partial charge on any atom is 0.170 e. The summed E-state index contributed by atoms with van der Waals surface area (Å²) in [5.74, 6) is -0.210. The molecule has 110 valence electrons. The van der Waals surface area contributed by atoms with Crippen LogP contribution in [0.3, 0.4) is 0 Å². The van der Waals surface area contributed by atoms with Gasteiger partial charge in [-0.2, -0.15) is 0 Å². The first kappa shape index (κ1) is 15.4. The Bertz CT molecular complexity index is 603. The Balaban J connectivity index is 1.80. The highest BCUT2D eigenvalue weighted by atomic mass is 32.1. The first-order valence-corrected chi connectivity index (χ1v) is 7.31. The number of nitrogens with one attached hydrogen (secondary N) is 2.